The van der Waals surface area contributed by atoms with Crippen molar-refractivity contribution in [3.63, 3.8) is 0 Å². The molecule has 150 valence electrons. The highest BCUT2D eigenvalue weighted by molar-refractivity contribution is 6.15. The van der Waals surface area contributed by atoms with Gasteiger partial charge in [-0.25, -0.2) is 9.69 Å². The van der Waals surface area contributed by atoms with E-state index in [0.29, 0.717) is 28.6 Å². The van der Waals surface area contributed by atoms with Gasteiger partial charge in [0.15, 0.2) is 11.5 Å². The average Bonchev–Trinajstić information content (AvgIpc) is 2.95. The van der Waals surface area contributed by atoms with E-state index in [2.05, 4.69) is 5.32 Å². The molecular formula is C21H20N2O6. The number of carboxylic acid groups (broad SMARTS) is 1. The molecule has 29 heavy (non-hydrogen) atoms. The number of methoxy groups -OCH3 is 1. The van der Waals surface area contributed by atoms with Crippen LogP contribution >= 0.6 is 0 Å². The molecule has 1 aliphatic heterocycles. The van der Waals surface area contributed by atoms with E-state index >= 15 is 0 Å². The van der Waals surface area contributed by atoms with Crippen molar-refractivity contribution in [3.05, 3.63) is 64.9 Å². The Morgan fingerprint density at radius 2 is 1.86 bits per heavy atom. The lowest BCUT2D eigenvalue weighted by Crippen LogP contribution is -2.35. The number of hydrogen-bond donors (Lipinski definition) is 2. The van der Waals surface area contributed by atoms with Crippen molar-refractivity contribution in [2.45, 2.75) is 13.5 Å². The van der Waals surface area contributed by atoms with Gasteiger partial charge in [-0.05, 0) is 36.3 Å². The first kappa shape index (κ1) is 19.9. The summed E-state index contributed by atoms with van der Waals surface area (Å²) in [7, 11) is 1.50. The summed E-state index contributed by atoms with van der Waals surface area (Å²) in [5, 5.41) is 11.2. The highest BCUT2D eigenvalue weighted by atomic mass is 16.5. The third kappa shape index (κ3) is 4.73. The van der Waals surface area contributed by atoms with Gasteiger partial charge < -0.3 is 19.9 Å². The number of nitrogens with one attached hydrogen (secondary N) is 1. The van der Waals surface area contributed by atoms with Crippen molar-refractivity contribution in [1.82, 2.24) is 10.2 Å². The van der Waals surface area contributed by atoms with Crippen molar-refractivity contribution >= 4 is 24.0 Å². The molecule has 3 rings (SSSR count). The molecule has 2 N–H and O–H groups in total. The first-order valence-electron chi connectivity index (χ1n) is 8.80. The number of ether oxygens (including phenoxy) is 2. The lowest BCUT2D eigenvalue weighted by molar-refractivity contribution is -0.140. The van der Waals surface area contributed by atoms with E-state index < -0.39 is 24.5 Å². The topological polar surface area (TPSA) is 105 Å². The zero-order valence-electron chi connectivity index (χ0n) is 16.0. The molecule has 0 aromatic heterocycles. The van der Waals surface area contributed by atoms with E-state index in [0.717, 1.165) is 5.56 Å². The van der Waals surface area contributed by atoms with Gasteiger partial charge in [-0.2, -0.15) is 0 Å². The van der Waals surface area contributed by atoms with E-state index in [9.17, 15) is 14.4 Å². The van der Waals surface area contributed by atoms with Gasteiger partial charge in [0.1, 0.15) is 18.8 Å². The van der Waals surface area contributed by atoms with Crippen LogP contribution in [0.2, 0.25) is 0 Å². The second kappa shape index (κ2) is 8.47. The van der Waals surface area contributed by atoms with Gasteiger partial charge in [0.25, 0.3) is 5.91 Å². The maximum atomic E-state index is 12.2. The number of aliphatic carboxylic acids is 1. The Hall–Kier alpha value is -3.81. The van der Waals surface area contributed by atoms with Crippen LogP contribution in [0.15, 0.2) is 48.2 Å². The Labute approximate surface area is 167 Å². The quantitative estimate of drug-likeness (QED) is 0.551. The zero-order valence-corrected chi connectivity index (χ0v) is 16.0. The van der Waals surface area contributed by atoms with Crippen LogP contribution in [0.4, 0.5) is 4.79 Å². The molecule has 0 aliphatic carbocycles. The largest absolute Gasteiger partial charge is 0.493 e. The Balaban J connectivity index is 1.75. The molecule has 0 bridgehead atoms. The molecule has 0 spiro atoms. The van der Waals surface area contributed by atoms with Crippen LogP contribution < -0.4 is 14.8 Å². The minimum absolute atomic E-state index is 0.00775. The first-order valence-corrected chi connectivity index (χ1v) is 8.80. The van der Waals surface area contributed by atoms with Crippen molar-refractivity contribution in [3.8, 4) is 11.5 Å². The molecule has 1 saturated heterocycles. The molecule has 1 aliphatic rings. The fourth-order valence-corrected chi connectivity index (χ4v) is 2.76. The van der Waals surface area contributed by atoms with Gasteiger partial charge in [-0.15, -0.1) is 0 Å². The molecule has 8 nitrogen and oxygen atoms in total. The van der Waals surface area contributed by atoms with E-state index in [1.807, 2.05) is 31.2 Å². The molecule has 1 heterocycles. The smallest absolute Gasteiger partial charge is 0.329 e. The lowest BCUT2D eigenvalue weighted by Gasteiger charge is -2.12. The molecule has 0 radical (unpaired) electrons. The Morgan fingerprint density at radius 3 is 2.52 bits per heavy atom. The van der Waals surface area contributed by atoms with Crippen LogP contribution in [-0.2, 0) is 16.2 Å². The van der Waals surface area contributed by atoms with Crippen LogP contribution in [-0.4, -0.2) is 41.6 Å². The summed E-state index contributed by atoms with van der Waals surface area (Å²) < 4.78 is 11.2. The minimum atomic E-state index is -1.27. The molecule has 2 aromatic carbocycles. The van der Waals surface area contributed by atoms with Gasteiger partial charge in [0.05, 0.1) is 7.11 Å². The molecule has 0 saturated carbocycles. The third-order valence-electron chi connectivity index (χ3n) is 4.27. The standard InChI is InChI=1S/C21H20N2O6/c1-13-3-5-14(6-4-13)12-29-17-8-7-15(10-18(17)28-2)9-16-20(26)23(11-19(24)25)21(27)22-16/h3-10H,11-12H2,1-2H3,(H,22,27)(H,24,25)/b16-9+. The summed E-state index contributed by atoms with van der Waals surface area (Å²) in [5.41, 5.74) is 2.76. The van der Waals surface area contributed by atoms with Gasteiger partial charge in [0.2, 0.25) is 0 Å². The first-order chi connectivity index (χ1) is 13.9. The maximum absolute atomic E-state index is 12.2. The van der Waals surface area contributed by atoms with Crippen molar-refractivity contribution in [2.24, 2.45) is 0 Å². The van der Waals surface area contributed by atoms with Crippen molar-refractivity contribution < 1.29 is 29.0 Å². The number of amides is 3. The Bertz CT molecular complexity index is 981. The number of benzene rings is 2. The number of imide groups is 1. The Kier molecular flexibility index (Phi) is 5.82. The summed E-state index contributed by atoms with van der Waals surface area (Å²) >= 11 is 0. The molecule has 8 heteroatoms. The van der Waals surface area contributed by atoms with Gasteiger partial charge >= 0.3 is 12.0 Å². The highest BCUT2D eigenvalue weighted by Crippen LogP contribution is 2.30. The van der Waals surface area contributed by atoms with Crippen LogP contribution in [0.1, 0.15) is 16.7 Å². The van der Waals surface area contributed by atoms with Crippen LogP contribution in [0.3, 0.4) is 0 Å². The molecule has 3 amide bonds. The SMILES string of the molecule is COc1cc(/C=C2/NC(=O)N(CC(=O)O)C2=O)ccc1OCc1ccc(C)cc1. The van der Waals surface area contributed by atoms with Gasteiger partial charge in [-0.3, -0.25) is 9.59 Å². The van der Waals surface area contributed by atoms with E-state index in [1.165, 1.54) is 18.7 Å². The monoisotopic (exact) mass is 396 g/mol. The van der Waals surface area contributed by atoms with Crippen LogP contribution in [0.5, 0.6) is 11.5 Å². The third-order valence-corrected chi connectivity index (χ3v) is 4.27. The molecule has 2 aromatic rings. The van der Waals surface area contributed by atoms with Crippen molar-refractivity contribution in [1.29, 1.82) is 0 Å². The summed E-state index contributed by atoms with van der Waals surface area (Å²) in [4.78, 5) is 35.4. The van der Waals surface area contributed by atoms with E-state index in [1.54, 1.807) is 18.2 Å². The average molecular weight is 396 g/mol. The van der Waals surface area contributed by atoms with E-state index in [4.69, 9.17) is 14.6 Å². The predicted octanol–water partition coefficient (Wildman–Crippen LogP) is 2.56. The normalized spacial score (nSPS) is 14.8. The number of hydrogen-bond acceptors (Lipinski definition) is 5. The number of rotatable bonds is 7. The Morgan fingerprint density at radius 1 is 1.14 bits per heavy atom. The molecule has 1 fully saturated rings. The van der Waals surface area contributed by atoms with Crippen LogP contribution in [0, 0.1) is 6.92 Å². The zero-order chi connectivity index (χ0) is 21.0. The second-order valence-corrected chi connectivity index (χ2v) is 6.46. The maximum Gasteiger partial charge on any atom is 0.329 e. The van der Waals surface area contributed by atoms with E-state index in [-0.39, 0.29) is 5.70 Å². The number of aryl methyl sites for hydroxylation is 1. The number of urea groups is 1. The van der Waals surface area contributed by atoms with Gasteiger partial charge in [-0.1, -0.05) is 35.9 Å². The molecule has 0 atom stereocenters. The fraction of sp³-hybridized carbons (Fsp3) is 0.190. The number of carbonyl (C=O) groups is 3. The lowest BCUT2D eigenvalue weighted by atomic mass is 10.1. The minimum Gasteiger partial charge on any atom is -0.493 e. The van der Waals surface area contributed by atoms with Crippen LogP contribution in [0.25, 0.3) is 6.08 Å². The summed E-state index contributed by atoms with van der Waals surface area (Å²) in [5.74, 6) is -0.974. The predicted molar refractivity (Wildman–Crippen MR) is 104 cm³/mol. The molecule has 0 unspecified atom stereocenters. The number of carboxylic acids is 1. The summed E-state index contributed by atoms with van der Waals surface area (Å²) in [6, 6.07) is 12.3. The molecular weight excluding hydrogens is 376 g/mol. The number of carbonyl (C=O) groups excluding carboxylic acids is 2. The second-order valence-electron chi connectivity index (χ2n) is 6.46. The summed E-state index contributed by atoms with van der Waals surface area (Å²) in [6.07, 6.45) is 1.45. The fourth-order valence-electron chi connectivity index (χ4n) is 2.76. The highest BCUT2D eigenvalue weighted by Gasteiger charge is 2.34. The van der Waals surface area contributed by atoms with Gasteiger partial charge in [0, 0.05) is 0 Å². The number of nitrogens with zero attached hydrogens (tertiary/aromatic N) is 1. The van der Waals surface area contributed by atoms with Crippen molar-refractivity contribution in [2.75, 3.05) is 13.7 Å². The summed E-state index contributed by atoms with van der Waals surface area (Å²) in [6.45, 7) is 1.69.